The molecule has 1 aromatic heterocycles. The maximum atomic E-state index is 6.25. The highest BCUT2D eigenvalue weighted by molar-refractivity contribution is 7.10. The van der Waals surface area contributed by atoms with Crippen LogP contribution >= 0.6 is 11.3 Å². The van der Waals surface area contributed by atoms with Crippen molar-refractivity contribution in [3.63, 3.8) is 0 Å². The lowest BCUT2D eigenvalue weighted by Crippen LogP contribution is -2.41. The molecule has 0 bridgehead atoms. The maximum absolute atomic E-state index is 6.25. The van der Waals surface area contributed by atoms with E-state index in [0.29, 0.717) is 19.1 Å². The van der Waals surface area contributed by atoms with E-state index in [4.69, 9.17) is 15.2 Å². The number of para-hydroxylation sites is 1. The van der Waals surface area contributed by atoms with Crippen LogP contribution in [0.2, 0.25) is 0 Å². The molecule has 2 aliphatic rings. The Morgan fingerprint density at radius 3 is 2.89 bits per heavy atom. The van der Waals surface area contributed by atoms with Gasteiger partial charge in [-0.15, -0.1) is 11.3 Å². The molecule has 1 aromatic carbocycles. The van der Waals surface area contributed by atoms with E-state index in [9.17, 15) is 0 Å². The molecule has 2 aromatic rings. The summed E-state index contributed by atoms with van der Waals surface area (Å²) in [4.78, 5) is 8.45. The van der Waals surface area contributed by atoms with Crippen LogP contribution in [0.15, 0.2) is 46.8 Å². The van der Waals surface area contributed by atoms with Gasteiger partial charge in [0.05, 0.1) is 38.4 Å². The molecule has 144 valence electrons. The van der Waals surface area contributed by atoms with E-state index >= 15 is 0 Å². The summed E-state index contributed by atoms with van der Waals surface area (Å²) >= 11 is 1.77. The molecule has 3 heterocycles. The number of nitrogens with zero attached hydrogens (tertiary/aromatic N) is 2. The van der Waals surface area contributed by atoms with E-state index < -0.39 is 0 Å². The summed E-state index contributed by atoms with van der Waals surface area (Å²) in [6, 6.07) is 12.8. The molecule has 0 amide bonds. The van der Waals surface area contributed by atoms with Crippen LogP contribution in [0.1, 0.15) is 28.9 Å². The van der Waals surface area contributed by atoms with Crippen LogP contribution in [0, 0.1) is 0 Å². The highest BCUT2D eigenvalue weighted by atomic mass is 32.1. The van der Waals surface area contributed by atoms with Crippen molar-refractivity contribution >= 4 is 17.3 Å². The third-order valence-corrected chi connectivity index (χ3v) is 6.05. The fourth-order valence-electron chi connectivity index (χ4n) is 3.66. The van der Waals surface area contributed by atoms with Gasteiger partial charge in [0, 0.05) is 30.0 Å². The number of hydrogen-bond donors (Lipinski definition) is 2. The number of hydrogen-bond acceptors (Lipinski definition) is 5. The topological polar surface area (TPSA) is 72.1 Å². The predicted octanol–water partition coefficient (Wildman–Crippen LogP) is 2.55. The summed E-state index contributed by atoms with van der Waals surface area (Å²) in [5.41, 5.74) is 7.39. The fraction of sp³-hybridized carbons (Fsp3) is 0.450. The minimum absolute atomic E-state index is 0.141. The van der Waals surface area contributed by atoms with Gasteiger partial charge in [-0.3, -0.25) is 9.89 Å². The second kappa shape index (κ2) is 8.73. The highest BCUT2D eigenvalue weighted by Gasteiger charge is 2.24. The second-order valence-electron chi connectivity index (χ2n) is 6.78. The largest absolute Gasteiger partial charge is 0.493 e. The molecule has 0 saturated carbocycles. The normalized spacial score (nSPS) is 21.9. The standard InChI is InChI=1S/C20H26N4O2S/c21-20(23-16-7-10-26-18-5-2-1-4-15(16)18)22-14-17(19-6-3-13-27-19)24-8-11-25-12-9-24/h1-6,13,16-17H,7-12,14H2,(H3,21,22,23). The molecule has 0 spiro atoms. The van der Waals surface area contributed by atoms with Crippen LogP contribution < -0.4 is 15.8 Å². The number of thiophene rings is 1. The van der Waals surface area contributed by atoms with Crippen LogP contribution in [-0.2, 0) is 4.74 Å². The number of nitrogens with two attached hydrogens (primary N) is 1. The molecule has 4 rings (SSSR count). The average Bonchev–Trinajstić information content (AvgIpc) is 3.24. The van der Waals surface area contributed by atoms with Crippen molar-refractivity contribution < 1.29 is 9.47 Å². The van der Waals surface area contributed by atoms with Crippen molar-refractivity contribution in [1.29, 1.82) is 0 Å². The van der Waals surface area contributed by atoms with Crippen molar-refractivity contribution in [2.24, 2.45) is 10.7 Å². The first-order valence-corrected chi connectivity index (χ1v) is 10.3. The number of aliphatic imine (C=N–C) groups is 1. The molecular weight excluding hydrogens is 360 g/mol. The van der Waals surface area contributed by atoms with Gasteiger partial charge in [-0.25, -0.2) is 0 Å². The number of morpholine rings is 1. The SMILES string of the molecule is NC(=NCC(c1cccs1)N1CCOCC1)NC1CCOc2ccccc21. The number of guanidine groups is 1. The molecule has 0 aliphatic carbocycles. The maximum Gasteiger partial charge on any atom is 0.189 e. The van der Waals surface area contributed by atoms with Crippen molar-refractivity contribution in [3.8, 4) is 5.75 Å². The Hall–Kier alpha value is -2.09. The number of rotatable bonds is 5. The van der Waals surface area contributed by atoms with Crippen LogP contribution in [0.3, 0.4) is 0 Å². The molecule has 2 aliphatic heterocycles. The number of nitrogens with one attached hydrogen (secondary N) is 1. The van der Waals surface area contributed by atoms with Crippen LogP contribution in [-0.4, -0.2) is 50.3 Å². The lowest BCUT2D eigenvalue weighted by Gasteiger charge is -2.33. The Kier molecular flexibility index (Phi) is 5.91. The van der Waals surface area contributed by atoms with Crippen LogP contribution in [0.4, 0.5) is 0 Å². The van der Waals surface area contributed by atoms with Gasteiger partial charge in [0.2, 0.25) is 0 Å². The molecule has 3 N–H and O–H groups in total. The Morgan fingerprint density at radius 2 is 2.07 bits per heavy atom. The third-order valence-electron chi connectivity index (χ3n) is 5.07. The average molecular weight is 387 g/mol. The highest BCUT2D eigenvalue weighted by Crippen LogP contribution is 2.31. The third kappa shape index (κ3) is 4.43. The summed E-state index contributed by atoms with van der Waals surface area (Å²) in [5, 5.41) is 5.50. The minimum Gasteiger partial charge on any atom is -0.493 e. The molecule has 0 radical (unpaired) electrons. The molecular formula is C20H26N4O2S. The summed E-state index contributed by atoms with van der Waals surface area (Å²) in [7, 11) is 0. The molecule has 2 unspecified atom stereocenters. The molecule has 6 nitrogen and oxygen atoms in total. The van der Waals surface area contributed by atoms with Crippen molar-refractivity contribution in [3.05, 3.63) is 52.2 Å². The van der Waals surface area contributed by atoms with E-state index in [2.05, 4.69) is 38.8 Å². The molecule has 7 heteroatoms. The zero-order chi connectivity index (χ0) is 18.5. The van der Waals surface area contributed by atoms with E-state index in [1.165, 1.54) is 4.88 Å². The molecule has 27 heavy (non-hydrogen) atoms. The van der Waals surface area contributed by atoms with Gasteiger partial charge >= 0.3 is 0 Å². The number of fused-ring (bicyclic) bond motifs is 1. The quantitative estimate of drug-likeness (QED) is 0.610. The van der Waals surface area contributed by atoms with Gasteiger partial charge < -0.3 is 20.5 Å². The summed E-state index contributed by atoms with van der Waals surface area (Å²) < 4.78 is 11.2. The van der Waals surface area contributed by atoms with E-state index in [-0.39, 0.29) is 12.1 Å². The van der Waals surface area contributed by atoms with E-state index in [0.717, 1.165) is 44.0 Å². The molecule has 2 atom stereocenters. The van der Waals surface area contributed by atoms with E-state index in [1.807, 2.05) is 18.2 Å². The minimum atomic E-state index is 0.141. The number of ether oxygens (including phenoxy) is 2. The monoisotopic (exact) mass is 386 g/mol. The Morgan fingerprint density at radius 1 is 1.22 bits per heavy atom. The summed E-state index contributed by atoms with van der Waals surface area (Å²) in [5.74, 6) is 1.42. The zero-order valence-corrected chi connectivity index (χ0v) is 16.2. The summed E-state index contributed by atoms with van der Waals surface area (Å²) in [6.45, 7) is 4.74. The van der Waals surface area contributed by atoms with Gasteiger partial charge in [0.15, 0.2) is 5.96 Å². The van der Waals surface area contributed by atoms with E-state index in [1.54, 1.807) is 11.3 Å². The number of benzene rings is 1. The lowest BCUT2D eigenvalue weighted by molar-refractivity contribution is 0.0186. The summed E-state index contributed by atoms with van der Waals surface area (Å²) in [6.07, 6.45) is 0.880. The van der Waals surface area contributed by atoms with Crippen LogP contribution in [0.5, 0.6) is 5.75 Å². The molecule has 1 fully saturated rings. The first-order chi connectivity index (χ1) is 13.3. The Balaban J connectivity index is 1.44. The predicted molar refractivity (Wildman–Crippen MR) is 108 cm³/mol. The van der Waals surface area contributed by atoms with Crippen LogP contribution in [0.25, 0.3) is 0 Å². The van der Waals surface area contributed by atoms with Crippen molar-refractivity contribution in [2.75, 3.05) is 39.5 Å². The Labute approximate surface area is 164 Å². The van der Waals surface area contributed by atoms with Gasteiger partial charge in [0.1, 0.15) is 5.75 Å². The lowest BCUT2D eigenvalue weighted by atomic mass is 10.0. The first-order valence-electron chi connectivity index (χ1n) is 9.44. The zero-order valence-electron chi connectivity index (χ0n) is 15.3. The Bertz CT molecular complexity index is 759. The molecule has 1 saturated heterocycles. The van der Waals surface area contributed by atoms with Gasteiger partial charge in [-0.2, -0.15) is 0 Å². The van der Waals surface area contributed by atoms with Crippen molar-refractivity contribution in [1.82, 2.24) is 10.2 Å². The van der Waals surface area contributed by atoms with Gasteiger partial charge in [-0.1, -0.05) is 24.3 Å². The fourth-order valence-corrected chi connectivity index (χ4v) is 4.51. The second-order valence-corrected chi connectivity index (χ2v) is 7.76. The van der Waals surface area contributed by atoms with Gasteiger partial charge in [0.25, 0.3) is 0 Å². The van der Waals surface area contributed by atoms with Gasteiger partial charge in [-0.05, 0) is 17.5 Å². The first kappa shape index (κ1) is 18.3. The smallest absolute Gasteiger partial charge is 0.189 e. The van der Waals surface area contributed by atoms with Crippen molar-refractivity contribution in [2.45, 2.75) is 18.5 Å².